The minimum atomic E-state index is -3.01. The fraction of sp³-hybridized carbons (Fsp3) is 0.455. The van der Waals surface area contributed by atoms with Gasteiger partial charge in [-0.3, -0.25) is 9.78 Å². The normalized spacial score (nSPS) is 11.1. The minimum Gasteiger partial charge on any atom is -0.355 e. The maximum absolute atomic E-state index is 11.4. The van der Waals surface area contributed by atoms with Crippen molar-refractivity contribution in [3.8, 4) is 0 Å². The van der Waals surface area contributed by atoms with E-state index in [4.69, 9.17) is 0 Å². The molecule has 0 radical (unpaired) electrons. The van der Waals surface area contributed by atoms with Gasteiger partial charge in [0.05, 0.1) is 5.75 Å². The molecule has 0 atom stereocenters. The second-order valence-corrected chi connectivity index (χ2v) is 6.10. The van der Waals surface area contributed by atoms with Gasteiger partial charge in [-0.1, -0.05) is 0 Å². The van der Waals surface area contributed by atoms with Gasteiger partial charge in [-0.25, -0.2) is 8.42 Å². The molecule has 0 saturated heterocycles. The zero-order valence-corrected chi connectivity index (χ0v) is 10.5. The second kappa shape index (κ2) is 6.34. The van der Waals surface area contributed by atoms with E-state index in [2.05, 4.69) is 10.3 Å². The maximum atomic E-state index is 11.4. The summed E-state index contributed by atoms with van der Waals surface area (Å²) < 4.78 is 21.7. The van der Waals surface area contributed by atoms with E-state index in [0.717, 1.165) is 11.8 Å². The van der Waals surface area contributed by atoms with Crippen LogP contribution in [0.5, 0.6) is 0 Å². The number of hydrogen-bond donors (Lipinski definition) is 1. The highest BCUT2D eigenvalue weighted by Gasteiger charge is 2.05. The van der Waals surface area contributed by atoms with Crippen LogP contribution in [0.15, 0.2) is 24.5 Å². The van der Waals surface area contributed by atoms with E-state index in [0.29, 0.717) is 12.8 Å². The molecule has 0 aliphatic carbocycles. The first-order valence-corrected chi connectivity index (χ1v) is 7.37. The number of sulfone groups is 1. The molecule has 0 bridgehead atoms. The van der Waals surface area contributed by atoms with Crippen molar-refractivity contribution in [3.63, 3.8) is 0 Å². The summed E-state index contributed by atoms with van der Waals surface area (Å²) in [6.45, 7) is 0.175. The molecule has 1 heterocycles. The van der Waals surface area contributed by atoms with Gasteiger partial charge < -0.3 is 5.32 Å². The van der Waals surface area contributed by atoms with Gasteiger partial charge in [0.15, 0.2) is 0 Å². The Morgan fingerprint density at radius 1 is 1.35 bits per heavy atom. The third-order valence-electron chi connectivity index (χ3n) is 2.19. The Labute approximate surface area is 101 Å². The average molecular weight is 256 g/mol. The highest BCUT2D eigenvalue weighted by Crippen LogP contribution is 2.00. The van der Waals surface area contributed by atoms with Crippen LogP contribution in [0, 0.1) is 0 Å². The molecule has 1 aromatic rings. The molecule has 0 fully saturated rings. The van der Waals surface area contributed by atoms with Crippen LogP contribution < -0.4 is 5.32 Å². The number of nitrogens with zero attached hydrogens (tertiary/aromatic N) is 1. The molecule has 6 heteroatoms. The number of rotatable bonds is 6. The molecule has 5 nitrogen and oxygen atoms in total. The largest absolute Gasteiger partial charge is 0.355 e. The number of hydrogen-bond acceptors (Lipinski definition) is 4. The van der Waals surface area contributed by atoms with Crippen molar-refractivity contribution in [2.75, 3.05) is 18.6 Å². The van der Waals surface area contributed by atoms with Gasteiger partial charge in [-0.05, 0) is 24.1 Å². The van der Waals surface area contributed by atoms with Crippen molar-refractivity contribution in [1.29, 1.82) is 0 Å². The number of nitrogens with one attached hydrogen (secondary N) is 1. The lowest BCUT2D eigenvalue weighted by molar-refractivity contribution is -0.120. The Bertz CT molecular complexity index is 457. The van der Waals surface area contributed by atoms with Crippen LogP contribution >= 0.6 is 0 Å². The quantitative estimate of drug-likeness (QED) is 0.787. The maximum Gasteiger partial charge on any atom is 0.220 e. The minimum absolute atomic E-state index is 0.0198. The fourth-order valence-electron chi connectivity index (χ4n) is 1.27. The van der Waals surface area contributed by atoms with Crippen molar-refractivity contribution in [3.05, 3.63) is 30.1 Å². The third kappa shape index (κ3) is 6.68. The van der Waals surface area contributed by atoms with Crippen LogP contribution in [-0.4, -0.2) is 37.9 Å². The third-order valence-corrected chi connectivity index (χ3v) is 3.13. The Kier molecular flexibility index (Phi) is 5.09. The summed E-state index contributed by atoms with van der Waals surface area (Å²) in [6.07, 6.45) is 5.49. The molecule has 1 amide bonds. The molecule has 0 aromatic carbocycles. The fourth-order valence-corrected chi connectivity index (χ4v) is 1.74. The molecule has 17 heavy (non-hydrogen) atoms. The molecule has 0 unspecified atom stereocenters. The van der Waals surface area contributed by atoms with Crippen molar-refractivity contribution in [1.82, 2.24) is 10.3 Å². The highest BCUT2D eigenvalue weighted by molar-refractivity contribution is 7.90. The number of carbonyl (C=O) groups is 1. The number of amides is 1. The first-order valence-electron chi connectivity index (χ1n) is 5.31. The van der Waals surface area contributed by atoms with Crippen LogP contribution in [0.2, 0.25) is 0 Å². The summed E-state index contributed by atoms with van der Waals surface area (Å²) in [6, 6.07) is 3.70. The highest BCUT2D eigenvalue weighted by atomic mass is 32.2. The van der Waals surface area contributed by atoms with Crippen LogP contribution in [0.25, 0.3) is 0 Å². The van der Waals surface area contributed by atoms with E-state index in [1.807, 2.05) is 12.1 Å². The predicted octanol–water partition coefficient (Wildman–Crippen LogP) is 0.175. The molecule has 1 aromatic heterocycles. The Morgan fingerprint density at radius 3 is 2.59 bits per heavy atom. The van der Waals surface area contributed by atoms with E-state index in [1.165, 1.54) is 0 Å². The summed E-state index contributed by atoms with van der Waals surface area (Å²) in [5, 5.41) is 2.58. The first-order chi connectivity index (χ1) is 7.97. The lowest BCUT2D eigenvalue weighted by Crippen LogP contribution is -2.28. The van der Waals surface area contributed by atoms with Gasteiger partial charge >= 0.3 is 0 Å². The predicted molar refractivity (Wildman–Crippen MR) is 65.3 cm³/mol. The zero-order chi connectivity index (χ0) is 12.7. The first kappa shape index (κ1) is 13.6. The van der Waals surface area contributed by atoms with Crippen LogP contribution in [0.3, 0.4) is 0 Å². The topological polar surface area (TPSA) is 76.1 Å². The summed E-state index contributed by atoms with van der Waals surface area (Å²) in [5.41, 5.74) is 1.04. The van der Waals surface area contributed by atoms with Crippen LogP contribution in [0.1, 0.15) is 12.0 Å². The summed E-state index contributed by atoms with van der Waals surface area (Å²) >= 11 is 0. The van der Waals surface area contributed by atoms with Crippen molar-refractivity contribution in [2.24, 2.45) is 0 Å². The monoisotopic (exact) mass is 256 g/mol. The van der Waals surface area contributed by atoms with E-state index in [9.17, 15) is 13.2 Å². The van der Waals surface area contributed by atoms with Gasteiger partial charge in [0.2, 0.25) is 5.91 Å². The van der Waals surface area contributed by atoms with Gasteiger partial charge in [0.1, 0.15) is 9.84 Å². The molecule has 0 spiro atoms. The van der Waals surface area contributed by atoms with E-state index < -0.39 is 9.84 Å². The van der Waals surface area contributed by atoms with Gasteiger partial charge in [0.25, 0.3) is 0 Å². The molecule has 1 rings (SSSR count). The molecule has 0 aliphatic rings. The van der Waals surface area contributed by atoms with Crippen LogP contribution in [-0.2, 0) is 21.1 Å². The SMILES string of the molecule is CS(=O)(=O)CCNC(=O)CCc1ccncc1. The standard InChI is InChI=1S/C11H16N2O3S/c1-17(15,16)9-8-13-11(14)3-2-10-4-6-12-7-5-10/h4-7H,2-3,8-9H2,1H3,(H,13,14). The summed E-state index contributed by atoms with van der Waals surface area (Å²) in [7, 11) is -3.01. The number of carbonyl (C=O) groups excluding carboxylic acids is 1. The van der Waals surface area contributed by atoms with Crippen molar-refractivity contribution < 1.29 is 13.2 Å². The molecule has 1 N–H and O–H groups in total. The van der Waals surface area contributed by atoms with Gasteiger partial charge in [-0.15, -0.1) is 0 Å². The molecule has 0 aliphatic heterocycles. The average Bonchev–Trinajstić information content (AvgIpc) is 2.26. The van der Waals surface area contributed by atoms with E-state index in [-0.39, 0.29) is 18.2 Å². The Morgan fingerprint density at radius 2 is 2.00 bits per heavy atom. The Hall–Kier alpha value is -1.43. The van der Waals surface area contributed by atoms with E-state index >= 15 is 0 Å². The number of aromatic nitrogens is 1. The summed E-state index contributed by atoms with van der Waals surface area (Å²) in [5.74, 6) is -0.154. The molecule has 94 valence electrons. The smallest absolute Gasteiger partial charge is 0.220 e. The second-order valence-electron chi connectivity index (χ2n) is 3.84. The Balaban J connectivity index is 2.22. The van der Waals surface area contributed by atoms with E-state index in [1.54, 1.807) is 12.4 Å². The molecular weight excluding hydrogens is 240 g/mol. The van der Waals surface area contributed by atoms with Gasteiger partial charge in [-0.2, -0.15) is 0 Å². The lowest BCUT2D eigenvalue weighted by atomic mass is 10.1. The number of pyridine rings is 1. The van der Waals surface area contributed by atoms with Crippen LogP contribution in [0.4, 0.5) is 0 Å². The summed E-state index contributed by atoms with van der Waals surface area (Å²) in [4.78, 5) is 15.3. The zero-order valence-electron chi connectivity index (χ0n) is 9.72. The van der Waals surface area contributed by atoms with Gasteiger partial charge in [0, 0.05) is 31.6 Å². The van der Waals surface area contributed by atoms with Crippen molar-refractivity contribution in [2.45, 2.75) is 12.8 Å². The molecule has 0 saturated carbocycles. The lowest BCUT2D eigenvalue weighted by Gasteiger charge is -2.04. The number of aryl methyl sites for hydroxylation is 1. The molecular formula is C11H16N2O3S. The van der Waals surface area contributed by atoms with Crippen molar-refractivity contribution >= 4 is 15.7 Å².